The van der Waals surface area contributed by atoms with Gasteiger partial charge in [0.25, 0.3) is 0 Å². The minimum absolute atomic E-state index is 0.133. The zero-order valence-corrected chi connectivity index (χ0v) is 10.7. The second-order valence-corrected chi connectivity index (χ2v) is 4.32. The minimum atomic E-state index is -0.764. The van der Waals surface area contributed by atoms with Crippen LogP contribution in [0.1, 0.15) is 12.0 Å². The van der Waals surface area contributed by atoms with E-state index in [-0.39, 0.29) is 12.7 Å². The van der Waals surface area contributed by atoms with Crippen LogP contribution in [-0.4, -0.2) is 35.6 Å². The van der Waals surface area contributed by atoms with Gasteiger partial charge in [0.05, 0.1) is 12.1 Å². The van der Waals surface area contributed by atoms with Gasteiger partial charge in [-0.3, -0.25) is 5.21 Å². The number of benzene rings is 1. The monoisotopic (exact) mass is 263 g/mol. The summed E-state index contributed by atoms with van der Waals surface area (Å²) in [5, 5.41) is 10.4. The fourth-order valence-corrected chi connectivity index (χ4v) is 2.01. The van der Waals surface area contributed by atoms with Gasteiger partial charge in [0, 0.05) is 7.11 Å². The molecule has 1 aliphatic rings. The van der Waals surface area contributed by atoms with Crippen molar-refractivity contribution in [1.29, 1.82) is 0 Å². The average Bonchev–Trinajstić information content (AvgIpc) is 2.93. The van der Waals surface area contributed by atoms with Crippen molar-refractivity contribution in [2.75, 3.05) is 7.11 Å². The lowest BCUT2D eigenvalue weighted by Gasteiger charge is -2.25. The van der Waals surface area contributed by atoms with E-state index < -0.39 is 12.1 Å². The number of hydrogen-bond donors (Lipinski definition) is 1. The Labute approximate surface area is 112 Å². The topological polar surface area (TPSA) is 59.0 Å². The SMILES string of the molecule is CO[C@@H]1C=CC[C@H]1N(O)C(=O)OCc1ccccc1. The molecule has 1 aromatic carbocycles. The molecule has 0 aromatic heterocycles. The Balaban J connectivity index is 1.86. The van der Waals surface area contributed by atoms with Gasteiger partial charge in [-0.05, 0) is 12.0 Å². The van der Waals surface area contributed by atoms with Crippen molar-refractivity contribution < 1.29 is 19.5 Å². The van der Waals surface area contributed by atoms with Gasteiger partial charge >= 0.3 is 6.09 Å². The van der Waals surface area contributed by atoms with Gasteiger partial charge in [-0.15, -0.1) is 0 Å². The van der Waals surface area contributed by atoms with Crippen LogP contribution >= 0.6 is 0 Å². The summed E-state index contributed by atoms with van der Waals surface area (Å²) >= 11 is 0. The first kappa shape index (κ1) is 13.6. The number of carbonyl (C=O) groups excluding carboxylic acids is 1. The van der Waals surface area contributed by atoms with Gasteiger partial charge in [-0.1, -0.05) is 42.5 Å². The van der Waals surface area contributed by atoms with E-state index >= 15 is 0 Å². The number of amides is 1. The van der Waals surface area contributed by atoms with Crippen molar-refractivity contribution in [3.8, 4) is 0 Å². The molecule has 19 heavy (non-hydrogen) atoms. The number of rotatable bonds is 4. The molecule has 1 amide bonds. The summed E-state index contributed by atoms with van der Waals surface area (Å²) in [6.45, 7) is 0.133. The maximum atomic E-state index is 11.7. The maximum absolute atomic E-state index is 11.7. The second kappa shape index (κ2) is 6.36. The molecular formula is C14H17NO4. The lowest BCUT2D eigenvalue weighted by Crippen LogP contribution is -2.43. The predicted octanol–water partition coefficient (Wildman–Crippen LogP) is 2.36. The summed E-state index contributed by atoms with van der Waals surface area (Å²) in [6.07, 6.45) is 3.18. The summed E-state index contributed by atoms with van der Waals surface area (Å²) in [7, 11) is 1.54. The highest BCUT2D eigenvalue weighted by Gasteiger charge is 2.32. The largest absolute Gasteiger partial charge is 0.443 e. The first-order valence-electron chi connectivity index (χ1n) is 6.10. The van der Waals surface area contributed by atoms with Crippen LogP contribution in [0.15, 0.2) is 42.5 Å². The highest BCUT2D eigenvalue weighted by Crippen LogP contribution is 2.19. The molecule has 1 aliphatic carbocycles. The Hall–Kier alpha value is -1.85. The van der Waals surface area contributed by atoms with Crippen LogP contribution in [0.4, 0.5) is 4.79 Å². The Bertz CT molecular complexity index is 446. The Morgan fingerprint density at radius 3 is 2.84 bits per heavy atom. The third kappa shape index (κ3) is 3.33. The standard InChI is InChI=1S/C14H17NO4/c1-18-13-9-5-8-12(13)15(17)14(16)19-10-11-6-3-2-4-7-11/h2-7,9,12-13,17H,8,10H2,1H3/t12-,13-/m1/s1. The van der Waals surface area contributed by atoms with E-state index in [9.17, 15) is 10.0 Å². The Kier molecular flexibility index (Phi) is 4.54. The third-order valence-corrected chi connectivity index (χ3v) is 3.06. The van der Waals surface area contributed by atoms with Gasteiger partial charge in [0.2, 0.25) is 0 Å². The van der Waals surface area contributed by atoms with E-state index in [0.29, 0.717) is 11.5 Å². The molecule has 0 heterocycles. The van der Waals surface area contributed by atoms with Crippen molar-refractivity contribution in [2.45, 2.75) is 25.2 Å². The molecule has 2 rings (SSSR count). The first-order chi connectivity index (χ1) is 9.22. The molecular weight excluding hydrogens is 246 g/mol. The van der Waals surface area contributed by atoms with E-state index in [0.717, 1.165) is 5.56 Å². The Morgan fingerprint density at radius 2 is 2.16 bits per heavy atom. The molecule has 5 nitrogen and oxygen atoms in total. The van der Waals surface area contributed by atoms with Crippen LogP contribution in [-0.2, 0) is 16.1 Å². The van der Waals surface area contributed by atoms with Gasteiger partial charge in [0.15, 0.2) is 0 Å². The van der Waals surface area contributed by atoms with E-state index in [1.165, 1.54) is 7.11 Å². The van der Waals surface area contributed by atoms with Crippen molar-refractivity contribution in [3.63, 3.8) is 0 Å². The van der Waals surface area contributed by atoms with Crippen LogP contribution in [0.5, 0.6) is 0 Å². The van der Waals surface area contributed by atoms with Crippen LogP contribution in [0.25, 0.3) is 0 Å². The van der Waals surface area contributed by atoms with Gasteiger partial charge in [-0.2, -0.15) is 5.06 Å². The number of carbonyl (C=O) groups is 1. The van der Waals surface area contributed by atoms with E-state index in [2.05, 4.69) is 0 Å². The first-order valence-corrected chi connectivity index (χ1v) is 6.10. The van der Waals surface area contributed by atoms with Crippen LogP contribution < -0.4 is 0 Å². The molecule has 0 spiro atoms. The quantitative estimate of drug-likeness (QED) is 0.514. The summed E-state index contributed by atoms with van der Waals surface area (Å²) in [5.74, 6) is 0. The number of nitrogens with zero attached hydrogens (tertiary/aromatic N) is 1. The van der Waals surface area contributed by atoms with Crippen molar-refractivity contribution in [3.05, 3.63) is 48.0 Å². The summed E-state index contributed by atoms with van der Waals surface area (Å²) in [6, 6.07) is 8.89. The molecule has 2 atom stereocenters. The summed E-state index contributed by atoms with van der Waals surface area (Å²) in [4.78, 5) is 11.7. The normalized spacial score (nSPS) is 21.4. The number of hydrogen-bond acceptors (Lipinski definition) is 4. The second-order valence-electron chi connectivity index (χ2n) is 4.32. The van der Waals surface area contributed by atoms with E-state index in [4.69, 9.17) is 9.47 Å². The fraction of sp³-hybridized carbons (Fsp3) is 0.357. The molecule has 0 radical (unpaired) electrons. The zero-order chi connectivity index (χ0) is 13.7. The van der Waals surface area contributed by atoms with Crippen LogP contribution in [0.3, 0.4) is 0 Å². The van der Waals surface area contributed by atoms with Crippen molar-refractivity contribution in [2.24, 2.45) is 0 Å². The van der Waals surface area contributed by atoms with Crippen molar-refractivity contribution in [1.82, 2.24) is 5.06 Å². The number of methoxy groups -OCH3 is 1. The highest BCUT2D eigenvalue weighted by molar-refractivity contribution is 5.66. The minimum Gasteiger partial charge on any atom is -0.443 e. The molecule has 5 heteroatoms. The van der Waals surface area contributed by atoms with Gasteiger partial charge < -0.3 is 9.47 Å². The van der Waals surface area contributed by atoms with E-state index in [1.54, 1.807) is 0 Å². The molecule has 0 unspecified atom stereocenters. The molecule has 1 aromatic rings. The smallest absolute Gasteiger partial charge is 0.434 e. The highest BCUT2D eigenvalue weighted by atomic mass is 16.6. The molecule has 1 N–H and O–H groups in total. The molecule has 0 bridgehead atoms. The summed E-state index contributed by atoms with van der Waals surface area (Å²) in [5.41, 5.74) is 0.872. The maximum Gasteiger partial charge on any atom is 0.434 e. The van der Waals surface area contributed by atoms with E-state index in [1.807, 2.05) is 42.5 Å². The molecule has 0 aliphatic heterocycles. The fourth-order valence-electron chi connectivity index (χ4n) is 2.01. The van der Waals surface area contributed by atoms with Gasteiger partial charge in [-0.25, -0.2) is 4.79 Å². The Morgan fingerprint density at radius 1 is 1.42 bits per heavy atom. The van der Waals surface area contributed by atoms with Gasteiger partial charge in [0.1, 0.15) is 6.61 Å². The molecule has 0 saturated heterocycles. The summed E-state index contributed by atoms with van der Waals surface area (Å²) < 4.78 is 10.2. The number of ether oxygens (including phenoxy) is 2. The molecule has 102 valence electrons. The zero-order valence-electron chi connectivity index (χ0n) is 10.7. The average molecular weight is 263 g/mol. The predicted molar refractivity (Wildman–Crippen MR) is 68.6 cm³/mol. The van der Waals surface area contributed by atoms with Crippen molar-refractivity contribution >= 4 is 6.09 Å². The lowest BCUT2D eigenvalue weighted by molar-refractivity contribution is -0.127. The lowest BCUT2D eigenvalue weighted by atomic mass is 10.2. The molecule has 0 fully saturated rings. The third-order valence-electron chi connectivity index (χ3n) is 3.06. The van der Waals surface area contributed by atoms with Crippen LogP contribution in [0, 0.1) is 0 Å². The molecule has 0 saturated carbocycles. The van der Waals surface area contributed by atoms with Crippen LogP contribution in [0.2, 0.25) is 0 Å². The number of hydroxylamine groups is 2.